The standard InChI is InChI=1S/C32H31N3O4/c1-3-35-18-22(25-6-4-5-7-30(25)35)15-23(19-36)33-32(37)27-17-29(20-8-11-31-21(14-20)12-13-39-31)34-28-10-9-24(38-2)16-26(27)28/h4-11,14,16-18,23,36H,3,12-13,15,19H2,1-2H3,(H,33,37)/t23-/m1/s1. The minimum absolute atomic E-state index is 0.179. The Kier molecular flexibility index (Phi) is 6.67. The van der Waals surface area contributed by atoms with Gasteiger partial charge in [0.15, 0.2) is 0 Å². The second-order valence-electron chi connectivity index (χ2n) is 9.87. The Labute approximate surface area is 227 Å². The van der Waals surface area contributed by atoms with Gasteiger partial charge in [-0.3, -0.25) is 4.79 Å². The maximum atomic E-state index is 13.8. The number of nitrogens with zero attached hydrogens (tertiary/aromatic N) is 2. The number of carbonyl (C=O) groups excluding carboxylic acids is 1. The van der Waals surface area contributed by atoms with Crippen LogP contribution in [-0.2, 0) is 19.4 Å². The first kappa shape index (κ1) is 24.9. The molecule has 1 atom stereocenters. The van der Waals surface area contributed by atoms with E-state index in [1.54, 1.807) is 7.11 Å². The summed E-state index contributed by atoms with van der Waals surface area (Å²) in [6.45, 7) is 3.45. The zero-order chi connectivity index (χ0) is 26.9. The van der Waals surface area contributed by atoms with Gasteiger partial charge in [-0.05, 0) is 73.0 Å². The van der Waals surface area contributed by atoms with Crippen molar-refractivity contribution in [3.05, 3.63) is 89.6 Å². The number of methoxy groups -OCH3 is 1. The molecule has 0 aliphatic carbocycles. The van der Waals surface area contributed by atoms with Gasteiger partial charge < -0.3 is 24.5 Å². The van der Waals surface area contributed by atoms with Crippen LogP contribution in [0.3, 0.4) is 0 Å². The van der Waals surface area contributed by atoms with E-state index >= 15 is 0 Å². The van der Waals surface area contributed by atoms with Gasteiger partial charge in [-0.2, -0.15) is 0 Å². The fourth-order valence-electron chi connectivity index (χ4n) is 5.45. The number of aromatic nitrogens is 2. The molecule has 0 bridgehead atoms. The Hall–Kier alpha value is -4.36. The molecule has 1 aliphatic heterocycles. The van der Waals surface area contributed by atoms with Gasteiger partial charge >= 0.3 is 0 Å². The van der Waals surface area contributed by atoms with Gasteiger partial charge in [0.05, 0.1) is 43.1 Å². The molecule has 39 heavy (non-hydrogen) atoms. The third-order valence-electron chi connectivity index (χ3n) is 7.48. The summed E-state index contributed by atoms with van der Waals surface area (Å²) >= 11 is 0. The summed E-state index contributed by atoms with van der Waals surface area (Å²) in [5.74, 6) is 1.28. The van der Waals surface area contributed by atoms with E-state index in [-0.39, 0.29) is 12.5 Å². The first-order valence-electron chi connectivity index (χ1n) is 13.3. The van der Waals surface area contributed by atoms with E-state index in [2.05, 4.69) is 41.2 Å². The molecule has 0 unspecified atom stereocenters. The van der Waals surface area contributed by atoms with Crippen molar-refractivity contribution in [2.24, 2.45) is 0 Å². The van der Waals surface area contributed by atoms with Crippen LogP contribution in [0.25, 0.3) is 33.1 Å². The Bertz CT molecular complexity index is 1690. The van der Waals surface area contributed by atoms with Gasteiger partial charge in [-0.25, -0.2) is 4.98 Å². The van der Waals surface area contributed by atoms with Crippen molar-refractivity contribution < 1.29 is 19.4 Å². The molecule has 2 N–H and O–H groups in total. The lowest BCUT2D eigenvalue weighted by Crippen LogP contribution is -2.39. The van der Waals surface area contributed by atoms with Crippen LogP contribution >= 0.6 is 0 Å². The first-order valence-corrected chi connectivity index (χ1v) is 13.3. The highest BCUT2D eigenvalue weighted by atomic mass is 16.5. The normalized spacial score (nSPS) is 13.3. The molecule has 198 valence electrons. The fraction of sp³-hybridized carbons (Fsp3) is 0.250. The number of rotatable bonds is 8. The lowest BCUT2D eigenvalue weighted by atomic mass is 10.0. The summed E-state index contributed by atoms with van der Waals surface area (Å²) in [5, 5.41) is 15.2. The summed E-state index contributed by atoms with van der Waals surface area (Å²) in [6.07, 6.45) is 3.48. The van der Waals surface area contributed by atoms with Gasteiger partial charge in [0, 0.05) is 41.0 Å². The number of aliphatic hydroxyl groups excluding tert-OH is 1. The number of hydrogen-bond acceptors (Lipinski definition) is 5. The maximum absolute atomic E-state index is 13.8. The summed E-state index contributed by atoms with van der Waals surface area (Å²) in [6, 6.07) is 21.2. The number of pyridine rings is 1. The van der Waals surface area contributed by atoms with Crippen LogP contribution < -0.4 is 14.8 Å². The van der Waals surface area contributed by atoms with Crippen LogP contribution in [0.2, 0.25) is 0 Å². The first-order chi connectivity index (χ1) is 19.1. The number of nitrogens with one attached hydrogen (secondary N) is 1. The van der Waals surface area contributed by atoms with Crippen LogP contribution in [0.1, 0.15) is 28.4 Å². The van der Waals surface area contributed by atoms with Gasteiger partial charge in [0.25, 0.3) is 5.91 Å². The minimum atomic E-state index is -0.456. The topological polar surface area (TPSA) is 85.6 Å². The van der Waals surface area contributed by atoms with Crippen molar-refractivity contribution in [3.63, 3.8) is 0 Å². The summed E-state index contributed by atoms with van der Waals surface area (Å²) in [7, 11) is 1.60. The monoisotopic (exact) mass is 521 g/mol. The largest absolute Gasteiger partial charge is 0.497 e. The molecule has 0 spiro atoms. The second kappa shape index (κ2) is 10.4. The number of carbonyl (C=O) groups is 1. The smallest absolute Gasteiger partial charge is 0.252 e. The van der Waals surface area contributed by atoms with E-state index < -0.39 is 6.04 Å². The van der Waals surface area contributed by atoms with Crippen LogP contribution in [0, 0.1) is 0 Å². The molecule has 0 saturated heterocycles. The Morgan fingerprint density at radius 1 is 1.13 bits per heavy atom. The molecule has 0 saturated carbocycles. The van der Waals surface area contributed by atoms with Gasteiger partial charge in [-0.1, -0.05) is 18.2 Å². The Morgan fingerprint density at radius 2 is 2.00 bits per heavy atom. The number of aliphatic hydroxyl groups is 1. The molecule has 0 radical (unpaired) electrons. The predicted molar refractivity (Wildman–Crippen MR) is 153 cm³/mol. The molecule has 5 aromatic rings. The number of amides is 1. The molecule has 3 heterocycles. The zero-order valence-corrected chi connectivity index (χ0v) is 22.1. The molecule has 1 aliphatic rings. The molecule has 7 nitrogen and oxygen atoms in total. The molecular formula is C32H31N3O4. The van der Waals surface area contributed by atoms with Gasteiger partial charge in [0.2, 0.25) is 0 Å². The summed E-state index contributed by atoms with van der Waals surface area (Å²) < 4.78 is 13.3. The van der Waals surface area contributed by atoms with Crippen molar-refractivity contribution in [2.45, 2.75) is 32.4 Å². The average Bonchev–Trinajstić information content (AvgIpc) is 3.60. The Morgan fingerprint density at radius 3 is 2.82 bits per heavy atom. The number of para-hydroxylation sites is 1. The van der Waals surface area contributed by atoms with E-state index in [4.69, 9.17) is 14.5 Å². The quantitative estimate of drug-likeness (QED) is 0.295. The summed E-state index contributed by atoms with van der Waals surface area (Å²) in [4.78, 5) is 18.7. The number of benzene rings is 3. The highest BCUT2D eigenvalue weighted by molar-refractivity contribution is 6.07. The van der Waals surface area contributed by atoms with Crippen LogP contribution in [0.4, 0.5) is 0 Å². The van der Waals surface area contributed by atoms with Crippen molar-refractivity contribution >= 4 is 27.7 Å². The third kappa shape index (κ3) is 4.70. The highest BCUT2D eigenvalue weighted by Crippen LogP contribution is 2.32. The van der Waals surface area contributed by atoms with Crippen LogP contribution in [0.5, 0.6) is 11.5 Å². The van der Waals surface area contributed by atoms with Crippen LogP contribution in [0.15, 0.2) is 72.9 Å². The zero-order valence-electron chi connectivity index (χ0n) is 22.1. The van der Waals surface area contributed by atoms with Crippen molar-refractivity contribution in [1.82, 2.24) is 14.9 Å². The molecule has 3 aromatic carbocycles. The van der Waals surface area contributed by atoms with E-state index in [0.29, 0.717) is 40.9 Å². The lowest BCUT2D eigenvalue weighted by molar-refractivity contribution is 0.0918. The van der Waals surface area contributed by atoms with E-state index in [1.165, 1.54) is 0 Å². The Balaban J connectivity index is 1.36. The van der Waals surface area contributed by atoms with Crippen molar-refractivity contribution in [2.75, 3.05) is 20.3 Å². The maximum Gasteiger partial charge on any atom is 0.252 e. The molecular weight excluding hydrogens is 490 g/mol. The summed E-state index contributed by atoms with van der Waals surface area (Å²) in [5.41, 5.74) is 6.20. The molecule has 1 amide bonds. The molecule has 2 aromatic heterocycles. The molecule has 7 heteroatoms. The second-order valence-corrected chi connectivity index (χ2v) is 9.87. The lowest BCUT2D eigenvalue weighted by Gasteiger charge is -2.18. The van der Waals surface area contributed by atoms with Crippen molar-refractivity contribution in [3.8, 4) is 22.8 Å². The number of hydrogen-bond donors (Lipinski definition) is 2. The average molecular weight is 522 g/mol. The fourth-order valence-corrected chi connectivity index (χ4v) is 5.45. The van der Waals surface area contributed by atoms with E-state index in [0.717, 1.165) is 46.3 Å². The minimum Gasteiger partial charge on any atom is -0.497 e. The SMILES string of the molecule is CCn1cc(C[C@H](CO)NC(=O)c2cc(-c3ccc4c(c3)CCO4)nc3ccc(OC)cc23)c2ccccc21. The number of aryl methyl sites for hydroxylation is 1. The van der Waals surface area contributed by atoms with Gasteiger partial charge in [0.1, 0.15) is 11.5 Å². The van der Waals surface area contributed by atoms with Crippen molar-refractivity contribution in [1.29, 1.82) is 0 Å². The molecule has 0 fully saturated rings. The number of fused-ring (bicyclic) bond motifs is 3. The molecule has 6 rings (SSSR count). The van der Waals surface area contributed by atoms with E-state index in [1.807, 2.05) is 48.5 Å². The predicted octanol–water partition coefficient (Wildman–Crippen LogP) is 5.15. The number of ether oxygens (including phenoxy) is 2. The van der Waals surface area contributed by atoms with Crippen LogP contribution in [-0.4, -0.2) is 46.9 Å². The van der Waals surface area contributed by atoms with E-state index in [9.17, 15) is 9.90 Å². The van der Waals surface area contributed by atoms with Gasteiger partial charge in [-0.15, -0.1) is 0 Å². The third-order valence-corrected chi connectivity index (χ3v) is 7.48. The highest BCUT2D eigenvalue weighted by Gasteiger charge is 2.21.